The summed E-state index contributed by atoms with van der Waals surface area (Å²) in [5.41, 5.74) is 4.26. The molecule has 1 aliphatic carbocycles. The van der Waals surface area contributed by atoms with E-state index in [1.165, 1.54) is 36.1 Å². The summed E-state index contributed by atoms with van der Waals surface area (Å²) in [7, 11) is 1.72. The molecule has 18 heavy (non-hydrogen) atoms. The minimum atomic E-state index is 0.751. The Labute approximate surface area is 109 Å². The molecular weight excluding hydrogens is 226 g/mol. The fourth-order valence-electron chi connectivity index (χ4n) is 2.36. The molecule has 0 heterocycles. The lowest BCUT2D eigenvalue weighted by molar-refractivity contribution is 0.109. The van der Waals surface area contributed by atoms with Gasteiger partial charge in [-0.25, -0.2) is 0 Å². The predicted molar refractivity (Wildman–Crippen MR) is 74.3 cm³/mol. The fourth-order valence-corrected chi connectivity index (χ4v) is 2.36. The third-order valence-corrected chi connectivity index (χ3v) is 3.31. The van der Waals surface area contributed by atoms with E-state index in [9.17, 15) is 0 Å². The average molecular weight is 249 g/mol. The van der Waals surface area contributed by atoms with Gasteiger partial charge in [0.15, 0.2) is 0 Å². The maximum atomic E-state index is 5.51. The number of methoxy groups -OCH3 is 1. The number of hydrogen-bond donors (Lipinski definition) is 1. The highest BCUT2D eigenvalue weighted by Crippen LogP contribution is 2.24. The second-order valence-corrected chi connectivity index (χ2v) is 4.72. The number of aryl methyl sites for hydroxylation is 2. The molecule has 0 bridgehead atoms. The molecule has 1 aromatic carbocycles. The number of rotatable bonds is 8. The van der Waals surface area contributed by atoms with E-state index in [0.29, 0.717) is 0 Å². The van der Waals surface area contributed by atoms with Crippen molar-refractivity contribution in [3.8, 4) is 0 Å². The molecule has 1 aromatic rings. The second-order valence-electron chi connectivity index (χ2n) is 4.72. The van der Waals surface area contributed by atoms with E-state index in [1.807, 2.05) is 0 Å². The van der Waals surface area contributed by atoms with Gasteiger partial charge in [-0.3, -0.25) is 0 Å². The molecule has 0 amide bonds. The van der Waals surface area contributed by atoms with Gasteiger partial charge in [0.25, 0.3) is 0 Å². The summed E-state index contributed by atoms with van der Waals surface area (Å²) in [5.74, 6) is 0. The molecule has 1 N–H and O–H groups in total. The number of nitrogens with one attached hydrogen (secondary N) is 1. The Morgan fingerprint density at radius 1 is 1.11 bits per heavy atom. The molecule has 0 fully saturated rings. The highest BCUT2D eigenvalue weighted by molar-refractivity contribution is 5.50. The second kappa shape index (κ2) is 7.39. The fraction of sp³-hybridized carbons (Fsp3) is 0.600. The van der Waals surface area contributed by atoms with Gasteiger partial charge in [-0.2, -0.15) is 0 Å². The molecule has 0 aliphatic heterocycles. The first kappa shape index (κ1) is 13.4. The van der Waals surface area contributed by atoms with Crippen molar-refractivity contribution in [3.63, 3.8) is 0 Å². The van der Waals surface area contributed by atoms with Crippen LogP contribution in [-0.4, -0.2) is 33.5 Å². The van der Waals surface area contributed by atoms with Gasteiger partial charge in [0.2, 0.25) is 0 Å². The van der Waals surface area contributed by atoms with E-state index in [4.69, 9.17) is 9.47 Å². The molecule has 2 rings (SSSR count). The first-order chi connectivity index (χ1) is 8.90. The Morgan fingerprint density at radius 3 is 2.89 bits per heavy atom. The summed E-state index contributed by atoms with van der Waals surface area (Å²) in [5, 5.41) is 3.41. The SMILES string of the molecule is COCCCOCCNc1ccc2c(c1)CCC2. The zero-order valence-corrected chi connectivity index (χ0v) is 11.2. The first-order valence-electron chi connectivity index (χ1n) is 6.82. The summed E-state index contributed by atoms with van der Waals surface area (Å²) in [6.45, 7) is 3.17. The molecule has 1 aliphatic rings. The van der Waals surface area contributed by atoms with Crippen molar-refractivity contribution < 1.29 is 9.47 Å². The molecule has 0 saturated carbocycles. The van der Waals surface area contributed by atoms with Crippen LogP contribution >= 0.6 is 0 Å². The molecule has 100 valence electrons. The quantitative estimate of drug-likeness (QED) is 0.718. The number of benzene rings is 1. The van der Waals surface area contributed by atoms with E-state index in [1.54, 1.807) is 7.11 Å². The molecule has 0 unspecified atom stereocenters. The van der Waals surface area contributed by atoms with Crippen LogP contribution < -0.4 is 5.32 Å². The van der Waals surface area contributed by atoms with Crippen molar-refractivity contribution in [2.75, 3.05) is 38.8 Å². The lowest BCUT2D eigenvalue weighted by atomic mass is 10.1. The third-order valence-electron chi connectivity index (χ3n) is 3.31. The molecule has 0 saturated heterocycles. The topological polar surface area (TPSA) is 30.5 Å². The minimum Gasteiger partial charge on any atom is -0.385 e. The van der Waals surface area contributed by atoms with E-state index in [0.717, 1.165) is 32.8 Å². The van der Waals surface area contributed by atoms with Gasteiger partial charge in [0, 0.05) is 32.6 Å². The van der Waals surface area contributed by atoms with Gasteiger partial charge < -0.3 is 14.8 Å². The monoisotopic (exact) mass is 249 g/mol. The van der Waals surface area contributed by atoms with Crippen LogP contribution in [0.4, 0.5) is 5.69 Å². The van der Waals surface area contributed by atoms with Crippen LogP contribution in [0.5, 0.6) is 0 Å². The van der Waals surface area contributed by atoms with Crippen molar-refractivity contribution in [1.82, 2.24) is 0 Å². The number of fused-ring (bicyclic) bond motifs is 1. The number of anilines is 1. The molecule has 0 radical (unpaired) electrons. The molecule has 0 aromatic heterocycles. The van der Waals surface area contributed by atoms with Crippen LogP contribution in [0, 0.1) is 0 Å². The van der Waals surface area contributed by atoms with E-state index in [2.05, 4.69) is 23.5 Å². The molecular formula is C15H23NO2. The molecule has 3 heteroatoms. The number of hydrogen-bond acceptors (Lipinski definition) is 3. The zero-order valence-electron chi connectivity index (χ0n) is 11.2. The number of ether oxygens (including phenoxy) is 2. The molecule has 0 spiro atoms. The Bertz CT molecular complexity index is 366. The molecule has 3 nitrogen and oxygen atoms in total. The Morgan fingerprint density at radius 2 is 2.00 bits per heavy atom. The lowest BCUT2D eigenvalue weighted by Crippen LogP contribution is -2.10. The van der Waals surface area contributed by atoms with Crippen LogP contribution in [0.25, 0.3) is 0 Å². The maximum Gasteiger partial charge on any atom is 0.0639 e. The lowest BCUT2D eigenvalue weighted by Gasteiger charge is -2.09. The largest absolute Gasteiger partial charge is 0.385 e. The van der Waals surface area contributed by atoms with E-state index < -0.39 is 0 Å². The molecule has 0 atom stereocenters. The van der Waals surface area contributed by atoms with Gasteiger partial charge in [0.05, 0.1) is 6.61 Å². The van der Waals surface area contributed by atoms with E-state index >= 15 is 0 Å². The van der Waals surface area contributed by atoms with Crippen LogP contribution in [0.3, 0.4) is 0 Å². The average Bonchev–Trinajstić information content (AvgIpc) is 2.85. The maximum absolute atomic E-state index is 5.51. The van der Waals surface area contributed by atoms with Crippen LogP contribution in [-0.2, 0) is 22.3 Å². The minimum absolute atomic E-state index is 0.751. The van der Waals surface area contributed by atoms with Crippen LogP contribution in [0.15, 0.2) is 18.2 Å². The normalized spacial score (nSPS) is 13.6. The summed E-state index contributed by atoms with van der Waals surface area (Å²) in [6.07, 6.45) is 4.76. The predicted octanol–water partition coefficient (Wildman–Crippen LogP) is 2.64. The zero-order chi connectivity index (χ0) is 12.6. The van der Waals surface area contributed by atoms with Crippen LogP contribution in [0.2, 0.25) is 0 Å². The summed E-state index contributed by atoms with van der Waals surface area (Å²) < 4.78 is 10.5. The van der Waals surface area contributed by atoms with Gasteiger partial charge in [0.1, 0.15) is 0 Å². The van der Waals surface area contributed by atoms with E-state index in [-0.39, 0.29) is 0 Å². The van der Waals surface area contributed by atoms with Gasteiger partial charge in [-0.1, -0.05) is 6.07 Å². The Hall–Kier alpha value is -1.06. The van der Waals surface area contributed by atoms with Crippen molar-refractivity contribution in [2.45, 2.75) is 25.7 Å². The van der Waals surface area contributed by atoms with Gasteiger partial charge in [-0.15, -0.1) is 0 Å². The first-order valence-corrected chi connectivity index (χ1v) is 6.82. The van der Waals surface area contributed by atoms with Crippen molar-refractivity contribution in [3.05, 3.63) is 29.3 Å². The van der Waals surface area contributed by atoms with Crippen LogP contribution in [0.1, 0.15) is 24.0 Å². The summed E-state index contributed by atoms with van der Waals surface area (Å²) >= 11 is 0. The Kier molecular flexibility index (Phi) is 5.49. The highest BCUT2D eigenvalue weighted by Gasteiger charge is 2.10. The Balaban J connectivity index is 1.62. The third kappa shape index (κ3) is 4.00. The van der Waals surface area contributed by atoms with Crippen molar-refractivity contribution in [2.24, 2.45) is 0 Å². The summed E-state index contributed by atoms with van der Waals surface area (Å²) in [4.78, 5) is 0. The smallest absolute Gasteiger partial charge is 0.0639 e. The standard InChI is InChI=1S/C15H23NO2/c1-17-9-3-10-18-11-8-16-15-7-6-13-4-2-5-14(13)12-15/h6-7,12,16H,2-5,8-11H2,1H3. The highest BCUT2D eigenvalue weighted by atomic mass is 16.5. The van der Waals surface area contributed by atoms with Gasteiger partial charge in [-0.05, 0) is 48.9 Å². The van der Waals surface area contributed by atoms with Gasteiger partial charge >= 0.3 is 0 Å². The van der Waals surface area contributed by atoms with Crippen molar-refractivity contribution >= 4 is 5.69 Å². The van der Waals surface area contributed by atoms with Crippen molar-refractivity contribution in [1.29, 1.82) is 0 Å². The summed E-state index contributed by atoms with van der Waals surface area (Å²) in [6, 6.07) is 6.71.